The van der Waals surface area contributed by atoms with Gasteiger partial charge in [-0.05, 0) is 36.6 Å². The Morgan fingerprint density at radius 1 is 1.12 bits per heavy atom. The van der Waals surface area contributed by atoms with Gasteiger partial charge in [-0.1, -0.05) is 20.8 Å². The highest BCUT2D eigenvalue weighted by atomic mass is 19.1. The zero-order chi connectivity index (χ0) is 12.3. The summed E-state index contributed by atoms with van der Waals surface area (Å²) in [5.41, 5.74) is 0.770. The third-order valence-corrected chi connectivity index (χ3v) is 2.45. The molecule has 3 heteroatoms. The highest BCUT2D eigenvalue weighted by molar-refractivity contribution is 5.21. The second-order valence-corrected chi connectivity index (χ2v) is 5.31. The monoisotopic (exact) mass is 227 g/mol. The van der Waals surface area contributed by atoms with E-state index in [9.17, 15) is 8.78 Å². The van der Waals surface area contributed by atoms with E-state index >= 15 is 0 Å². The topological polar surface area (TPSA) is 12.0 Å². The van der Waals surface area contributed by atoms with Crippen molar-refractivity contribution in [3.63, 3.8) is 0 Å². The van der Waals surface area contributed by atoms with Crippen molar-refractivity contribution in [2.45, 2.75) is 33.2 Å². The average molecular weight is 227 g/mol. The van der Waals surface area contributed by atoms with Gasteiger partial charge in [0.15, 0.2) is 0 Å². The zero-order valence-corrected chi connectivity index (χ0v) is 10.3. The minimum absolute atomic E-state index is 0.0230. The molecule has 0 bridgehead atoms. The third kappa shape index (κ3) is 3.89. The second-order valence-electron chi connectivity index (χ2n) is 5.31. The van der Waals surface area contributed by atoms with E-state index in [4.69, 9.17) is 0 Å². The van der Waals surface area contributed by atoms with Crippen LogP contribution in [0.25, 0.3) is 0 Å². The summed E-state index contributed by atoms with van der Waals surface area (Å²) < 4.78 is 26.2. The van der Waals surface area contributed by atoms with Crippen LogP contribution in [0, 0.1) is 17.0 Å². The fourth-order valence-electron chi connectivity index (χ4n) is 1.78. The summed E-state index contributed by atoms with van der Waals surface area (Å²) in [6.45, 7) is 6.31. The molecule has 0 radical (unpaired) electrons. The molecule has 1 nitrogen and oxygen atoms in total. The molecular formula is C13H19F2N. The number of hydrogen-bond donors (Lipinski definition) is 1. The normalized spacial score (nSPS) is 13.9. The second kappa shape index (κ2) is 4.91. The summed E-state index contributed by atoms with van der Waals surface area (Å²) in [4.78, 5) is 0. The Balaban J connectivity index is 2.95. The molecule has 1 atom stereocenters. The van der Waals surface area contributed by atoms with Crippen LogP contribution in [0.15, 0.2) is 18.2 Å². The number of rotatable bonds is 3. The van der Waals surface area contributed by atoms with E-state index in [1.807, 2.05) is 0 Å². The zero-order valence-electron chi connectivity index (χ0n) is 10.3. The van der Waals surface area contributed by atoms with Gasteiger partial charge < -0.3 is 5.32 Å². The largest absolute Gasteiger partial charge is 0.313 e. The molecule has 1 rings (SSSR count). The molecule has 1 aromatic carbocycles. The van der Waals surface area contributed by atoms with Crippen molar-refractivity contribution in [3.05, 3.63) is 35.4 Å². The standard InChI is InChI=1S/C13H19F2N/c1-13(2,3)8-12(16-4)9-5-10(14)7-11(15)6-9/h5-7,12,16H,8H2,1-4H3. The first kappa shape index (κ1) is 13.1. The quantitative estimate of drug-likeness (QED) is 0.831. The van der Waals surface area contributed by atoms with Crippen LogP contribution < -0.4 is 5.32 Å². The highest BCUT2D eigenvalue weighted by Gasteiger charge is 2.19. The smallest absolute Gasteiger partial charge is 0.126 e. The van der Waals surface area contributed by atoms with Crippen LogP contribution in [0.4, 0.5) is 8.78 Å². The molecular weight excluding hydrogens is 208 g/mol. The minimum Gasteiger partial charge on any atom is -0.313 e. The molecule has 0 spiro atoms. The van der Waals surface area contributed by atoms with Gasteiger partial charge in [0, 0.05) is 12.1 Å². The predicted molar refractivity (Wildman–Crippen MR) is 62.2 cm³/mol. The van der Waals surface area contributed by atoms with Crippen molar-refractivity contribution in [1.29, 1.82) is 0 Å². The van der Waals surface area contributed by atoms with Crippen LogP contribution in [-0.4, -0.2) is 7.05 Å². The van der Waals surface area contributed by atoms with Gasteiger partial charge >= 0.3 is 0 Å². The molecule has 0 aliphatic rings. The Labute approximate surface area is 95.9 Å². The van der Waals surface area contributed by atoms with E-state index < -0.39 is 11.6 Å². The van der Waals surface area contributed by atoms with E-state index in [0.717, 1.165) is 12.5 Å². The maximum absolute atomic E-state index is 13.1. The SMILES string of the molecule is CNC(CC(C)(C)C)c1cc(F)cc(F)c1. The van der Waals surface area contributed by atoms with E-state index in [1.165, 1.54) is 12.1 Å². The van der Waals surface area contributed by atoms with Gasteiger partial charge in [0.05, 0.1) is 0 Å². The molecule has 1 aromatic rings. The Bertz CT molecular complexity index is 335. The summed E-state index contributed by atoms with van der Waals surface area (Å²) >= 11 is 0. The summed E-state index contributed by atoms with van der Waals surface area (Å²) in [5, 5.41) is 3.10. The number of hydrogen-bond acceptors (Lipinski definition) is 1. The lowest BCUT2D eigenvalue weighted by molar-refractivity contribution is 0.319. The fraction of sp³-hybridized carbons (Fsp3) is 0.538. The van der Waals surface area contributed by atoms with Crippen molar-refractivity contribution in [1.82, 2.24) is 5.32 Å². The third-order valence-electron chi connectivity index (χ3n) is 2.45. The number of nitrogens with one attached hydrogen (secondary N) is 1. The van der Waals surface area contributed by atoms with Gasteiger partial charge in [-0.15, -0.1) is 0 Å². The molecule has 0 aliphatic carbocycles. The molecule has 0 amide bonds. The van der Waals surface area contributed by atoms with Crippen LogP contribution in [0.1, 0.15) is 38.8 Å². The van der Waals surface area contributed by atoms with Gasteiger partial charge in [0.2, 0.25) is 0 Å². The van der Waals surface area contributed by atoms with Crippen molar-refractivity contribution in [2.75, 3.05) is 7.05 Å². The number of benzene rings is 1. The van der Waals surface area contributed by atoms with Crippen LogP contribution in [0.2, 0.25) is 0 Å². The van der Waals surface area contributed by atoms with Crippen LogP contribution in [0.3, 0.4) is 0 Å². The van der Waals surface area contributed by atoms with Gasteiger partial charge in [0.25, 0.3) is 0 Å². The van der Waals surface area contributed by atoms with Crippen molar-refractivity contribution >= 4 is 0 Å². The predicted octanol–water partition coefficient (Wildman–Crippen LogP) is 3.66. The lowest BCUT2D eigenvalue weighted by atomic mass is 9.85. The first-order chi connectivity index (χ1) is 7.31. The molecule has 0 heterocycles. The Hall–Kier alpha value is -0.960. The van der Waals surface area contributed by atoms with Crippen molar-refractivity contribution in [3.8, 4) is 0 Å². The molecule has 1 unspecified atom stereocenters. The van der Waals surface area contributed by atoms with Crippen molar-refractivity contribution < 1.29 is 8.78 Å². The Kier molecular flexibility index (Phi) is 4.03. The van der Waals surface area contributed by atoms with Crippen molar-refractivity contribution in [2.24, 2.45) is 5.41 Å². The molecule has 1 N–H and O–H groups in total. The Morgan fingerprint density at radius 3 is 2.00 bits per heavy atom. The molecule has 0 saturated carbocycles. The van der Waals surface area contributed by atoms with E-state index in [2.05, 4.69) is 26.1 Å². The van der Waals surface area contributed by atoms with Gasteiger partial charge in [-0.25, -0.2) is 8.78 Å². The average Bonchev–Trinajstić information content (AvgIpc) is 2.11. The molecule has 90 valence electrons. The molecule has 16 heavy (non-hydrogen) atoms. The molecule has 0 saturated heterocycles. The first-order valence-electron chi connectivity index (χ1n) is 5.45. The van der Waals surface area contributed by atoms with Crippen LogP contribution >= 0.6 is 0 Å². The first-order valence-corrected chi connectivity index (χ1v) is 5.45. The summed E-state index contributed by atoms with van der Waals surface area (Å²) in [7, 11) is 1.80. The summed E-state index contributed by atoms with van der Waals surface area (Å²) in [5.74, 6) is -1.05. The highest BCUT2D eigenvalue weighted by Crippen LogP contribution is 2.29. The van der Waals surface area contributed by atoms with Gasteiger partial charge in [-0.2, -0.15) is 0 Å². The Morgan fingerprint density at radius 2 is 1.62 bits per heavy atom. The number of halogens is 2. The lowest BCUT2D eigenvalue weighted by Gasteiger charge is -2.26. The van der Waals surface area contributed by atoms with Gasteiger partial charge in [0.1, 0.15) is 11.6 Å². The van der Waals surface area contributed by atoms with Gasteiger partial charge in [-0.3, -0.25) is 0 Å². The van der Waals surface area contributed by atoms with Crippen LogP contribution in [0.5, 0.6) is 0 Å². The fourth-order valence-corrected chi connectivity index (χ4v) is 1.78. The summed E-state index contributed by atoms with van der Waals surface area (Å²) in [6, 6.07) is 3.64. The maximum Gasteiger partial charge on any atom is 0.126 e. The van der Waals surface area contributed by atoms with Crippen LogP contribution in [-0.2, 0) is 0 Å². The maximum atomic E-state index is 13.1. The molecule has 0 aromatic heterocycles. The summed E-state index contributed by atoms with van der Waals surface area (Å²) in [6.07, 6.45) is 0.826. The van der Waals surface area contributed by atoms with E-state index in [0.29, 0.717) is 5.56 Å². The lowest BCUT2D eigenvalue weighted by Crippen LogP contribution is -2.22. The molecule has 0 fully saturated rings. The minimum atomic E-state index is -0.524. The van der Waals surface area contributed by atoms with E-state index in [-0.39, 0.29) is 11.5 Å². The van der Waals surface area contributed by atoms with E-state index in [1.54, 1.807) is 7.05 Å². The molecule has 0 aliphatic heterocycles.